The van der Waals surface area contributed by atoms with Gasteiger partial charge in [0.1, 0.15) is 5.75 Å². The summed E-state index contributed by atoms with van der Waals surface area (Å²) in [5.74, 6) is 0.115. The highest BCUT2D eigenvalue weighted by molar-refractivity contribution is 5.98. The lowest BCUT2D eigenvalue weighted by Gasteiger charge is -2.04. The van der Waals surface area contributed by atoms with Gasteiger partial charge in [0, 0.05) is 12.8 Å². The monoisotopic (exact) mass is 287 g/mol. The Morgan fingerprint density at radius 3 is 2.14 bits per heavy atom. The maximum absolute atomic E-state index is 11.9. The molecule has 1 N–H and O–H groups in total. The Morgan fingerprint density at radius 1 is 0.952 bits per heavy atom. The van der Waals surface area contributed by atoms with Gasteiger partial charge in [-0.05, 0) is 25.0 Å². The van der Waals surface area contributed by atoms with E-state index < -0.39 is 0 Å². The molecule has 0 aromatic heterocycles. The molecule has 0 heterocycles. The molecule has 1 rings (SSSR count). The molecule has 0 saturated heterocycles. The van der Waals surface area contributed by atoms with Crippen LogP contribution < -0.4 is 0 Å². The molecule has 0 radical (unpaired) electrons. The molecule has 1 aromatic carbocycles. The molecule has 0 aliphatic rings. The van der Waals surface area contributed by atoms with Gasteiger partial charge in [0.25, 0.3) is 0 Å². The van der Waals surface area contributed by atoms with Crippen molar-refractivity contribution in [3.8, 4) is 11.8 Å². The molecule has 0 bridgehead atoms. The Labute approximate surface area is 127 Å². The summed E-state index contributed by atoms with van der Waals surface area (Å²) in [5.41, 5.74) is 0.440. The second kappa shape index (κ2) is 10.9. The van der Waals surface area contributed by atoms with Gasteiger partial charge in [-0.15, -0.1) is 0 Å². The molecule has 0 saturated carbocycles. The number of unbranched alkanes of at least 4 members (excludes halogenated alkanes) is 8. The average Bonchev–Trinajstić information content (AvgIpc) is 2.49. The smallest absolute Gasteiger partial charge is 0.166 e. The summed E-state index contributed by atoms with van der Waals surface area (Å²) in [7, 11) is 0. The first kappa shape index (κ1) is 17.2. The number of nitrogens with zero attached hydrogens (tertiary/aromatic N) is 1. The first-order valence-corrected chi connectivity index (χ1v) is 7.94. The summed E-state index contributed by atoms with van der Waals surface area (Å²) in [6, 6.07) is 8.90. The molecule has 0 fully saturated rings. The number of para-hydroxylation sites is 1. The van der Waals surface area contributed by atoms with Crippen LogP contribution in [0.1, 0.15) is 74.6 Å². The lowest BCUT2D eigenvalue weighted by atomic mass is 10.0. The molecule has 114 valence electrons. The maximum Gasteiger partial charge on any atom is 0.166 e. The highest BCUT2D eigenvalue weighted by atomic mass is 16.3. The third-order valence-electron chi connectivity index (χ3n) is 3.65. The first-order chi connectivity index (χ1) is 10.3. The summed E-state index contributed by atoms with van der Waals surface area (Å²) < 4.78 is 0. The van der Waals surface area contributed by atoms with Gasteiger partial charge in [0.15, 0.2) is 5.78 Å². The number of rotatable bonds is 11. The van der Waals surface area contributed by atoms with Gasteiger partial charge in [-0.25, -0.2) is 0 Å². The number of ketones is 1. The van der Waals surface area contributed by atoms with E-state index in [0.29, 0.717) is 18.4 Å². The molecule has 0 aliphatic carbocycles. The molecule has 21 heavy (non-hydrogen) atoms. The van der Waals surface area contributed by atoms with Gasteiger partial charge in [0.05, 0.1) is 11.6 Å². The molecule has 0 aliphatic heterocycles. The van der Waals surface area contributed by atoms with Gasteiger partial charge in [-0.1, -0.05) is 50.7 Å². The fourth-order valence-electron chi connectivity index (χ4n) is 2.39. The Kier molecular flexibility index (Phi) is 8.95. The van der Waals surface area contributed by atoms with Crippen LogP contribution in [0.2, 0.25) is 0 Å². The number of phenols is 1. The largest absolute Gasteiger partial charge is 0.507 e. The Bertz CT molecular complexity index is 463. The van der Waals surface area contributed by atoms with Crippen LogP contribution in [-0.4, -0.2) is 10.9 Å². The number of Topliss-reactive ketones (excluding diaryl/α,β-unsaturated/α-hetero) is 1. The first-order valence-electron chi connectivity index (χ1n) is 7.94. The summed E-state index contributed by atoms with van der Waals surface area (Å²) in [4.78, 5) is 11.9. The Hall–Kier alpha value is -1.82. The number of aromatic hydroxyl groups is 1. The number of carbonyl (C=O) groups excluding carboxylic acids is 1. The third-order valence-corrected chi connectivity index (χ3v) is 3.65. The van der Waals surface area contributed by atoms with Crippen molar-refractivity contribution in [1.82, 2.24) is 0 Å². The van der Waals surface area contributed by atoms with Crippen molar-refractivity contribution < 1.29 is 9.90 Å². The summed E-state index contributed by atoms with van der Waals surface area (Å²) in [6.45, 7) is 0. The number of hydrogen-bond acceptors (Lipinski definition) is 3. The van der Waals surface area contributed by atoms with Crippen LogP contribution in [0.25, 0.3) is 0 Å². The van der Waals surface area contributed by atoms with E-state index in [4.69, 9.17) is 5.26 Å². The van der Waals surface area contributed by atoms with Gasteiger partial charge >= 0.3 is 0 Å². The number of benzene rings is 1. The maximum atomic E-state index is 11.9. The molecule has 0 spiro atoms. The van der Waals surface area contributed by atoms with Gasteiger partial charge < -0.3 is 5.11 Å². The SMILES string of the molecule is N#CCCCCCCCCCCC(=O)c1ccccc1O. The van der Waals surface area contributed by atoms with E-state index in [2.05, 4.69) is 6.07 Å². The summed E-state index contributed by atoms with van der Waals surface area (Å²) in [5, 5.41) is 18.0. The molecule has 0 amide bonds. The van der Waals surface area contributed by atoms with Crippen molar-refractivity contribution in [3.05, 3.63) is 29.8 Å². The van der Waals surface area contributed by atoms with Crippen LogP contribution in [0.3, 0.4) is 0 Å². The number of carbonyl (C=O) groups is 1. The standard InChI is InChI=1S/C18H25NO2/c19-15-11-7-5-3-1-2-4-6-8-13-17(20)16-12-9-10-14-18(16)21/h9-10,12,14,21H,1-8,11,13H2. The van der Waals surface area contributed by atoms with E-state index >= 15 is 0 Å². The molecule has 3 heteroatoms. The molecule has 0 unspecified atom stereocenters. The Morgan fingerprint density at radius 2 is 1.52 bits per heavy atom. The van der Waals surface area contributed by atoms with Crippen molar-refractivity contribution >= 4 is 5.78 Å². The predicted molar refractivity (Wildman–Crippen MR) is 84.2 cm³/mol. The fraction of sp³-hybridized carbons (Fsp3) is 0.556. The quantitative estimate of drug-likeness (QED) is 0.460. The van der Waals surface area contributed by atoms with E-state index in [1.807, 2.05) is 0 Å². The molecule has 3 nitrogen and oxygen atoms in total. The lowest BCUT2D eigenvalue weighted by Crippen LogP contribution is -1.99. The zero-order valence-corrected chi connectivity index (χ0v) is 12.7. The zero-order chi connectivity index (χ0) is 15.3. The Balaban J connectivity index is 2.01. The normalized spacial score (nSPS) is 10.2. The predicted octanol–water partition coefficient (Wildman–Crippen LogP) is 5.00. The van der Waals surface area contributed by atoms with E-state index in [-0.39, 0.29) is 11.5 Å². The van der Waals surface area contributed by atoms with Crippen molar-refractivity contribution in [2.24, 2.45) is 0 Å². The topological polar surface area (TPSA) is 61.1 Å². The van der Waals surface area contributed by atoms with Crippen molar-refractivity contribution in [3.63, 3.8) is 0 Å². The van der Waals surface area contributed by atoms with E-state index in [1.165, 1.54) is 19.3 Å². The van der Waals surface area contributed by atoms with E-state index in [9.17, 15) is 9.90 Å². The summed E-state index contributed by atoms with van der Waals surface area (Å²) in [6.07, 6.45) is 10.1. The number of hydrogen-bond donors (Lipinski definition) is 1. The van der Waals surface area contributed by atoms with Crippen LogP contribution in [0.4, 0.5) is 0 Å². The molecular formula is C18H25NO2. The minimum absolute atomic E-state index is 0.0320. The molecule has 1 aromatic rings. The van der Waals surface area contributed by atoms with Crippen molar-refractivity contribution in [1.29, 1.82) is 5.26 Å². The molecule has 0 atom stereocenters. The van der Waals surface area contributed by atoms with Crippen LogP contribution >= 0.6 is 0 Å². The second-order valence-corrected chi connectivity index (χ2v) is 5.43. The minimum atomic E-state index is 0.0320. The van der Waals surface area contributed by atoms with Crippen LogP contribution in [0.5, 0.6) is 5.75 Å². The lowest BCUT2D eigenvalue weighted by molar-refractivity contribution is 0.0976. The minimum Gasteiger partial charge on any atom is -0.507 e. The van der Waals surface area contributed by atoms with E-state index in [1.54, 1.807) is 24.3 Å². The van der Waals surface area contributed by atoms with Crippen molar-refractivity contribution in [2.75, 3.05) is 0 Å². The summed E-state index contributed by atoms with van der Waals surface area (Å²) >= 11 is 0. The van der Waals surface area contributed by atoms with Crippen molar-refractivity contribution in [2.45, 2.75) is 64.2 Å². The fourth-order valence-corrected chi connectivity index (χ4v) is 2.39. The highest BCUT2D eigenvalue weighted by Crippen LogP contribution is 2.19. The van der Waals surface area contributed by atoms with Crippen LogP contribution in [0.15, 0.2) is 24.3 Å². The van der Waals surface area contributed by atoms with E-state index in [0.717, 1.165) is 32.1 Å². The highest BCUT2D eigenvalue weighted by Gasteiger charge is 2.09. The average molecular weight is 287 g/mol. The van der Waals surface area contributed by atoms with Gasteiger partial charge in [0.2, 0.25) is 0 Å². The van der Waals surface area contributed by atoms with Gasteiger partial charge in [-0.3, -0.25) is 4.79 Å². The molecular weight excluding hydrogens is 262 g/mol. The zero-order valence-electron chi connectivity index (χ0n) is 12.7. The third kappa shape index (κ3) is 7.51. The number of nitriles is 1. The second-order valence-electron chi connectivity index (χ2n) is 5.43. The van der Waals surface area contributed by atoms with Crippen LogP contribution in [0, 0.1) is 11.3 Å². The van der Waals surface area contributed by atoms with Gasteiger partial charge in [-0.2, -0.15) is 5.26 Å². The van der Waals surface area contributed by atoms with Crippen LogP contribution in [-0.2, 0) is 0 Å². The number of phenolic OH excluding ortho intramolecular Hbond substituents is 1.